The summed E-state index contributed by atoms with van der Waals surface area (Å²) in [7, 11) is 0. The third kappa shape index (κ3) is 3.59. The molecule has 3 aromatic rings. The summed E-state index contributed by atoms with van der Waals surface area (Å²) in [5.41, 5.74) is 0.887. The zero-order chi connectivity index (χ0) is 17.9. The van der Waals surface area contributed by atoms with E-state index in [1.165, 1.54) is 5.01 Å². The SMILES string of the molecule is O=C(COc1ccc(Br)cc1)N1N=C(c2cccs2)C[C@H]1c1ccco1. The Kier molecular flexibility index (Phi) is 4.90. The molecule has 0 saturated heterocycles. The zero-order valence-corrected chi connectivity index (χ0v) is 16.1. The van der Waals surface area contributed by atoms with Crippen molar-refractivity contribution in [2.75, 3.05) is 6.61 Å². The van der Waals surface area contributed by atoms with Gasteiger partial charge in [0.05, 0.1) is 16.9 Å². The highest BCUT2D eigenvalue weighted by Crippen LogP contribution is 2.34. The quantitative estimate of drug-likeness (QED) is 0.580. The van der Waals surface area contributed by atoms with Gasteiger partial charge < -0.3 is 9.15 Å². The van der Waals surface area contributed by atoms with Crippen LogP contribution in [0.5, 0.6) is 5.75 Å². The number of thiophene rings is 1. The number of carbonyl (C=O) groups is 1. The maximum Gasteiger partial charge on any atom is 0.281 e. The molecule has 0 aliphatic carbocycles. The Morgan fingerprint density at radius 1 is 1.27 bits per heavy atom. The van der Waals surface area contributed by atoms with Gasteiger partial charge in [-0.1, -0.05) is 22.0 Å². The molecule has 1 aromatic carbocycles. The van der Waals surface area contributed by atoms with Gasteiger partial charge in [0.2, 0.25) is 0 Å². The molecule has 1 aliphatic heterocycles. The molecule has 0 saturated carbocycles. The molecule has 132 valence electrons. The van der Waals surface area contributed by atoms with Crippen LogP contribution in [0.2, 0.25) is 0 Å². The lowest BCUT2D eigenvalue weighted by atomic mass is 10.1. The number of hydrogen-bond donors (Lipinski definition) is 0. The molecular formula is C19H15BrN2O3S. The smallest absolute Gasteiger partial charge is 0.281 e. The summed E-state index contributed by atoms with van der Waals surface area (Å²) >= 11 is 4.99. The van der Waals surface area contributed by atoms with Crippen molar-refractivity contribution >= 4 is 38.9 Å². The Labute approximate surface area is 163 Å². The average Bonchev–Trinajstić information content (AvgIpc) is 3.41. The lowest BCUT2D eigenvalue weighted by Gasteiger charge is -2.20. The van der Waals surface area contributed by atoms with Crippen molar-refractivity contribution in [2.24, 2.45) is 5.10 Å². The van der Waals surface area contributed by atoms with Crippen LogP contribution in [0.1, 0.15) is 23.1 Å². The van der Waals surface area contributed by atoms with E-state index in [1.54, 1.807) is 17.6 Å². The molecule has 26 heavy (non-hydrogen) atoms. The number of ether oxygens (including phenoxy) is 1. The molecule has 4 rings (SSSR count). The number of benzene rings is 1. The minimum atomic E-state index is -0.247. The predicted molar refractivity (Wildman–Crippen MR) is 103 cm³/mol. The largest absolute Gasteiger partial charge is 0.484 e. The van der Waals surface area contributed by atoms with Crippen LogP contribution < -0.4 is 4.74 Å². The topological polar surface area (TPSA) is 55.0 Å². The van der Waals surface area contributed by atoms with Crippen molar-refractivity contribution < 1.29 is 13.9 Å². The molecule has 1 amide bonds. The summed E-state index contributed by atoms with van der Waals surface area (Å²) in [6.45, 7) is -0.0833. The first-order valence-corrected chi connectivity index (χ1v) is 9.73. The lowest BCUT2D eigenvalue weighted by molar-refractivity contribution is -0.135. The van der Waals surface area contributed by atoms with Gasteiger partial charge in [-0.2, -0.15) is 5.10 Å². The predicted octanol–water partition coefficient (Wildman–Crippen LogP) is 4.86. The van der Waals surface area contributed by atoms with E-state index in [0.717, 1.165) is 20.8 Å². The first-order chi connectivity index (χ1) is 12.7. The highest BCUT2D eigenvalue weighted by Gasteiger charge is 2.35. The maximum absolute atomic E-state index is 12.8. The summed E-state index contributed by atoms with van der Waals surface area (Å²) in [5, 5.41) is 8.04. The van der Waals surface area contributed by atoms with Crippen molar-refractivity contribution in [3.05, 3.63) is 75.3 Å². The third-order valence-electron chi connectivity index (χ3n) is 4.02. The Morgan fingerprint density at radius 3 is 2.81 bits per heavy atom. The molecule has 1 atom stereocenters. The van der Waals surface area contributed by atoms with Crippen LogP contribution in [0.25, 0.3) is 0 Å². The van der Waals surface area contributed by atoms with Crippen LogP contribution in [-0.2, 0) is 4.79 Å². The van der Waals surface area contributed by atoms with Crippen molar-refractivity contribution in [1.82, 2.24) is 5.01 Å². The van der Waals surface area contributed by atoms with Gasteiger partial charge in [-0.25, -0.2) is 5.01 Å². The van der Waals surface area contributed by atoms with Crippen LogP contribution in [0.4, 0.5) is 0 Å². The Hall–Kier alpha value is -2.38. The molecule has 0 radical (unpaired) electrons. The molecule has 3 heterocycles. The van der Waals surface area contributed by atoms with Gasteiger partial charge >= 0.3 is 0 Å². The minimum Gasteiger partial charge on any atom is -0.484 e. The highest BCUT2D eigenvalue weighted by atomic mass is 79.9. The van der Waals surface area contributed by atoms with E-state index >= 15 is 0 Å². The van der Waals surface area contributed by atoms with Gasteiger partial charge in [-0.15, -0.1) is 11.3 Å². The Morgan fingerprint density at radius 2 is 2.12 bits per heavy atom. The molecule has 7 heteroatoms. The van der Waals surface area contributed by atoms with Gasteiger partial charge in [0.1, 0.15) is 17.6 Å². The molecule has 0 spiro atoms. The summed E-state index contributed by atoms with van der Waals surface area (Å²) in [6.07, 6.45) is 2.23. The standard InChI is InChI=1S/C19H15BrN2O3S/c20-13-5-7-14(8-6-13)25-12-19(23)22-16(17-3-1-9-24-17)11-15(21-22)18-4-2-10-26-18/h1-10,16H,11-12H2/t16-/m0/s1. The summed E-state index contributed by atoms with van der Waals surface area (Å²) in [4.78, 5) is 13.8. The van der Waals surface area contributed by atoms with Crippen LogP contribution in [-0.4, -0.2) is 23.2 Å². The first-order valence-electron chi connectivity index (χ1n) is 8.06. The monoisotopic (exact) mass is 430 g/mol. The summed E-state index contributed by atoms with van der Waals surface area (Å²) < 4.78 is 12.1. The van der Waals surface area contributed by atoms with E-state index in [0.29, 0.717) is 12.2 Å². The van der Waals surface area contributed by atoms with E-state index in [-0.39, 0.29) is 18.6 Å². The van der Waals surface area contributed by atoms with E-state index in [9.17, 15) is 4.79 Å². The number of hydrogen-bond acceptors (Lipinski definition) is 5. The van der Waals surface area contributed by atoms with Crippen LogP contribution in [0.15, 0.2) is 74.2 Å². The van der Waals surface area contributed by atoms with Crippen LogP contribution in [0, 0.1) is 0 Å². The van der Waals surface area contributed by atoms with E-state index in [2.05, 4.69) is 21.0 Å². The highest BCUT2D eigenvalue weighted by molar-refractivity contribution is 9.10. The molecule has 0 fully saturated rings. The van der Waals surface area contributed by atoms with Gasteiger partial charge in [0.15, 0.2) is 6.61 Å². The molecule has 0 unspecified atom stereocenters. The van der Waals surface area contributed by atoms with Crippen LogP contribution in [0.3, 0.4) is 0 Å². The third-order valence-corrected chi connectivity index (χ3v) is 5.47. The van der Waals surface area contributed by atoms with Crippen LogP contribution >= 0.6 is 27.3 Å². The molecule has 0 bridgehead atoms. The fraction of sp³-hybridized carbons (Fsp3) is 0.158. The number of rotatable bonds is 5. The molecular weight excluding hydrogens is 416 g/mol. The molecule has 1 aliphatic rings. The second-order valence-electron chi connectivity index (χ2n) is 5.74. The number of nitrogens with zero attached hydrogens (tertiary/aromatic N) is 2. The number of halogens is 1. The second kappa shape index (κ2) is 7.47. The van der Waals surface area contributed by atoms with E-state index in [1.807, 2.05) is 53.9 Å². The van der Waals surface area contributed by atoms with Gasteiger partial charge in [-0.05, 0) is 47.8 Å². The Balaban J connectivity index is 1.52. The number of hydrazone groups is 1. The van der Waals surface area contributed by atoms with E-state index < -0.39 is 0 Å². The normalized spacial score (nSPS) is 16.6. The van der Waals surface area contributed by atoms with E-state index in [4.69, 9.17) is 9.15 Å². The number of carbonyl (C=O) groups excluding carboxylic acids is 1. The molecule has 0 N–H and O–H groups in total. The van der Waals surface area contributed by atoms with Crippen molar-refractivity contribution in [3.63, 3.8) is 0 Å². The second-order valence-corrected chi connectivity index (χ2v) is 7.60. The van der Waals surface area contributed by atoms with Gasteiger partial charge in [0.25, 0.3) is 5.91 Å². The average molecular weight is 431 g/mol. The van der Waals surface area contributed by atoms with Crippen molar-refractivity contribution in [1.29, 1.82) is 0 Å². The van der Waals surface area contributed by atoms with Crippen molar-refractivity contribution in [2.45, 2.75) is 12.5 Å². The minimum absolute atomic E-state index is 0.0833. The molecule has 5 nitrogen and oxygen atoms in total. The fourth-order valence-corrected chi connectivity index (χ4v) is 3.76. The van der Waals surface area contributed by atoms with Gasteiger partial charge in [-0.3, -0.25) is 4.79 Å². The summed E-state index contributed by atoms with van der Waals surface area (Å²) in [6, 6.07) is 14.8. The first kappa shape index (κ1) is 17.1. The Bertz CT molecular complexity index is 905. The number of amides is 1. The van der Waals surface area contributed by atoms with Crippen molar-refractivity contribution in [3.8, 4) is 5.75 Å². The maximum atomic E-state index is 12.8. The molecule has 2 aromatic heterocycles. The lowest BCUT2D eigenvalue weighted by Crippen LogP contribution is -2.31. The number of furan rings is 1. The van der Waals surface area contributed by atoms with Gasteiger partial charge in [0, 0.05) is 10.9 Å². The zero-order valence-electron chi connectivity index (χ0n) is 13.7. The fourth-order valence-electron chi connectivity index (χ4n) is 2.78. The summed E-state index contributed by atoms with van der Waals surface area (Å²) in [5.74, 6) is 1.15.